The highest BCUT2D eigenvalue weighted by Crippen LogP contribution is 2.21. The quantitative estimate of drug-likeness (QED) is 0.898. The minimum Gasteiger partial charge on any atom is -0.508 e. The first-order valence-corrected chi connectivity index (χ1v) is 7.84. The van der Waals surface area contributed by atoms with Gasteiger partial charge in [0.15, 0.2) is 0 Å². The molecule has 0 atom stereocenters. The zero-order valence-corrected chi connectivity index (χ0v) is 13.6. The summed E-state index contributed by atoms with van der Waals surface area (Å²) in [6.07, 6.45) is 1.71. The number of carbonyl (C=O) groups excluding carboxylic acids is 1. The van der Waals surface area contributed by atoms with Gasteiger partial charge in [0.2, 0.25) is 0 Å². The predicted octanol–water partition coefficient (Wildman–Crippen LogP) is 3.45. The Bertz CT molecular complexity index is 503. The van der Waals surface area contributed by atoms with Gasteiger partial charge in [-0.05, 0) is 51.7 Å². The largest absolute Gasteiger partial charge is 0.508 e. The van der Waals surface area contributed by atoms with Crippen LogP contribution in [0.3, 0.4) is 0 Å². The van der Waals surface area contributed by atoms with Crippen LogP contribution < -0.4 is 5.32 Å². The van der Waals surface area contributed by atoms with Crippen LogP contribution in [0, 0.1) is 5.92 Å². The summed E-state index contributed by atoms with van der Waals surface area (Å²) in [5, 5.41) is 12.8. The second-order valence-corrected chi connectivity index (χ2v) is 6.84. The average molecular weight is 306 g/mol. The Hall–Kier alpha value is -1.91. The van der Waals surface area contributed by atoms with Crippen LogP contribution in [0.2, 0.25) is 0 Å². The first kappa shape index (κ1) is 16.5. The second-order valence-electron chi connectivity index (χ2n) is 6.84. The van der Waals surface area contributed by atoms with Gasteiger partial charge in [-0.1, -0.05) is 6.07 Å². The van der Waals surface area contributed by atoms with E-state index in [2.05, 4.69) is 5.32 Å². The average Bonchev–Trinajstić information content (AvgIpc) is 2.44. The molecule has 0 aromatic heterocycles. The molecule has 0 unspecified atom stereocenters. The summed E-state index contributed by atoms with van der Waals surface area (Å²) >= 11 is 0. The lowest BCUT2D eigenvalue weighted by Crippen LogP contribution is -2.42. The van der Waals surface area contributed by atoms with Crippen molar-refractivity contribution in [2.75, 3.05) is 25.0 Å². The molecule has 0 bridgehead atoms. The molecule has 1 saturated heterocycles. The summed E-state index contributed by atoms with van der Waals surface area (Å²) < 4.78 is 5.40. The number of hydrogen-bond acceptors (Lipinski definition) is 4. The predicted molar refractivity (Wildman–Crippen MR) is 87.1 cm³/mol. The van der Waals surface area contributed by atoms with E-state index in [1.54, 1.807) is 17.0 Å². The van der Waals surface area contributed by atoms with E-state index in [0.717, 1.165) is 38.2 Å². The molecule has 2 N–H and O–H groups in total. The number of phenols is 1. The van der Waals surface area contributed by atoms with E-state index in [4.69, 9.17) is 4.74 Å². The summed E-state index contributed by atoms with van der Waals surface area (Å²) in [6.45, 7) is 7.98. The maximum absolute atomic E-state index is 12.0. The van der Waals surface area contributed by atoms with Crippen molar-refractivity contribution >= 4 is 11.8 Å². The lowest BCUT2D eigenvalue weighted by Gasteiger charge is -2.33. The minimum absolute atomic E-state index is 0.216. The summed E-state index contributed by atoms with van der Waals surface area (Å²) in [4.78, 5) is 13.8. The van der Waals surface area contributed by atoms with Crippen molar-refractivity contribution < 1.29 is 14.6 Å². The molecule has 0 saturated carbocycles. The van der Waals surface area contributed by atoms with Gasteiger partial charge >= 0.3 is 6.09 Å². The number of aromatic hydroxyl groups is 1. The van der Waals surface area contributed by atoms with Crippen molar-refractivity contribution in [3.63, 3.8) is 0 Å². The Labute approximate surface area is 132 Å². The number of anilines is 1. The van der Waals surface area contributed by atoms with Crippen molar-refractivity contribution in [1.82, 2.24) is 4.90 Å². The van der Waals surface area contributed by atoms with Crippen LogP contribution >= 0.6 is 0 Å². The van der Waals surface area contributed by atoms with Gasteiger partial charge in [0.1, 0.15) is 11.4 Å². The van der Waals surface area contributed by atoms with Crippen molar-refractivity contribution in [1.29, 1.82) is 0 Å². The van der Waals surface area contributed by atoms with Gasteiger partial charge in [-0.3, -0.25) is 0 Å². The molecular formula is C17H26N2O3. The Morgan fingerprint density at radius 1 is 1.36 bits per heavy atom. The summed E-state index contributed by atoms with van der Waals surface area (Å²) in [6, 6.07) is 7.14. The third-order valence-electron chi connectivity index (χ3n) is 3.71. The van der Waals surface area contributed by atoms with E-state index >= 15 is 0 Å². The third kappa shape index (κ3) is 5.13. The molecular weight excluding hydrogens is 280 g/mol. The standard InChI is InChI=1S/C17H26N2O3/c1-17(2,3)22-16(21)19-9-7-13(8-10-19)12-18-14-5-4-6-15(20)11-14/h4-6,11,13,18,20H,7-10,12H2,1-3H3. The third-order valence-corrected chi connectivity index (χ3v) is 3.71. The molecule has 1 amide bonds. The van der Waals surface area contributed by atoms with E-state index in [9.17, 15) is 9.90 Å². The normalized spacial score (nSPS) is 16.4. The molecule has 5 nitrogen and oxygen atoms in total. The van der Waals surface area contributed by atoms with Crippen LogP contribution in [0.1, 0.15) is 33.6 Å². The highest BCUT2D eigenvalue weighted by Gasteiger charge is 2.26. The first-order valence-electron chi connectivity index (χ1n) is 7.84. The number of rotatable bonds is 3. The van der Waals surface area contributed by atoms with E-state index in [-0.39, 0.29) is 11.8 Å². The number of piperidine rings is 1. The molecule has 5 heteroatoms. The molecule has 1 fully saturated rings. The van der Waals surface area contributed by atoms with Gasteiger partial charge in [0, 0.05) is 31.4 Å². The maximum Gasteiger partial charge on any atom is 0.410 e. The zero-order chi connectivity index (χ0) is 16.2. The zero-order valence-electron chi connectivity index (χ0n) is 13.6. The molecule has 1 aliphatic heterocycles. The van der Waals surface area contributed by atoms with Gasteiger partial charge in [-0.25, -0.2) is 4.79 Å². The van der Waals surface area contributed by atoms with Crippen molar-refractivity contribution in [2.24, 2.45) is 5.92 Å². The molecule has 1 aromatic rings. The fourth-order valence-electron chi connectivity index (χ4n) is 2.52. The SMILES string of the molecule is CC(C)(C)OC(=O)N1CCC(CNc2cccc(O)c2)CC1. The summed E-state index contributed by atoms with van der Waals surface area (Å²) in [5.41, 5.74) is 0.486. The number of ether oxygens (including phenoxy) is 1. The number of benzene rings is 1. The molecule has 1 aromatic carbocycles. The Morgan fingerprint density at radius 2 is 2.05 bits per heavy atom. The van der Waals surface area contributed by atoms with Crippen molar-refractivity contribution in [3.05, 3.63) is 24.3 Å². The van der Waals surface area contributed by atoms with Gasteiger partial charge in [0.05, 0.1) is 0 Å². The lowest BCUT2D eigenvalue weighted by atomic mass is 9.97. The number of amides is 1. The van der Waals surface area contributed by atoms with E-state index in [1.165, 1.54) is 0 Å². The second kappa shape index (κ2) is 6.90. The molecule has 0 spiro atoms. The van der Waals surface area contributed by atoms with Crippen LogP contribution in [0.5, 0.6) is 5.75 Å². The molecule has 0 aliphatic carbocycles. The number of likely N-dealkylation sites (tertiary alicyclic amines) is 1. The highest BCUT2D eigenvalue weighted by atomic mass is 16.6. The van der Waals surface area contributed by atoms with E-state index < -0.39 is 5.60 Å². The van der Waals surface area contributed by atoms with Crippen LogP contribution in [0.4, 0.5) is 10.5 Å². The van der Waals surface area contributed by atoms with Gasteiger partial charge in [-0.2, -0.15) is 0 Å². The van der Waals surface area contributed by atoms with Gasteiger partial charge < -0.3 is 20.1 Å². The number of phenolic OH excluding ortho intramolecular Hbond substituents is 1. The van der Waals surface area contributed by atoms with Crippen molar-refractivity contribution in [2.45, 2.75) is 39.2 Å². The van der Waals surface area contributed by atoms with Gasteiger partial charge in [0.25, 0.3) is 0 Å². The summed E-state index contributed by atoms with van der Waals surface area (Å²) in [7, 11) is 0. The topological polar surface area (TPSA) is 61.8 Å². The van der Waals surface area contributed by atoms with E-state index in [1.807, 2.05) is 32.9 Å². The molecule has 122 valence electrons. The highest BCUT2D eigenvalue weighted by molar-refractivity contribution is 5.68. The Morgan fingerprint density at radius 3 is 2.64 bits per heavy atom. The van der Waals surface area contributed by atoms with Crippen LogP contribution in [0.25, 0.3) is 0 Å². The lowest BCUT2D eigenvalue weighted by molar-refractivity contribution is 0.0188. The van der Waals surface area contributed by atoms with E-state index in [0.29, 0.717) is 5.92 Å². The fourth-order valence-corrected chi connectivity index (χ4v) is 2.52. The fraction of sp³-hybridized carbons (Fsp3) is 0.588. The maximum atomic E-state index is 12.0. The van der Waals surface area contributed by atoms with Crippen LogP contribution in [-0.2, 0) is 4.74 Å². The smallest absolute Gasteiger partial charge is 0.410 e. The molecule has 1 aliphatic rings. The molecule has 22 heavy (non-hydrogen) atoms. The van der Waals surface area contributed by atoms with Crippen LogP contribution in [0.15, 0.2) is 24.3 Å². The van der Waals surface area contributed by atoms with Crippen LogP contribution in [-0.4, -0.2) is 41.3 Å². The molecule has 0 radical (unpaired) electrons. The molecule has 1 heterocycles. The Balaban J connectivity index is 1.74. The van der Waals surface area contributed by atoms with Gasteiger partial charge in [-0.15, -0.1) is 0 Å². The molecule has 2 rings (SSSR count). The number of nitrogens with one attached hydrogen (secondary N) is 1. The Kier molecular flexibility index (Phi) is 5.16. The number of carbonyl (C=O) groups is 1. The number of hydrogen-bond donors (Lipinski definition) is 2. The monoisotopic (exact) mass is 306 g/mol. The first-order chi connectivity index (χ1) is 10.3. The number of nitrogens with zero attached hydrogens (tertiary/aromatic N) is 1. The van der Waals surface area contributed by atoms with Crippen molar-refractivity contribution in [3.8, 4) is 5.75 Å². The summed E-state index contributed by atoms with van der Waals surface area (Å²) in [5.74, 6) is 0.797. The minimum atomic E-state index is -0.440.